The Labute approximate surface area is 112 Å². The summed E-state index contributed by atoms with van der Waals surface area (Å²) in [6.07, 6.45) is 4.31. The number of hydrogen-bond donors (Lipinski definition) is 0. The molecule has 0 aliphatic rings. The molecular weight excluding hydrogens is 242 g/mol. The highest BCUT2D eigenvalue weighted by molar-refractivity contribution is 5.99. The van der Waals surface area contributed by atoms with Crippen LogP contribution in [0.4, 0.5) is 0 Å². The first kappa shape index (κ1) is 13.3. The lowest BCUT2D eigenvalue weighted by Gasteiger charge is -2.06. The Hall–Kier alpha value is -2.17. The zero-order valence-electron chi connectivity index (χ0n) is 11.4. The maximum atomic E-state index is 12.3. The average Bonchev–Trinajstić information content (AvgIpc) is 2.79. The molecule has 19 heavy (non-hydrogen) atoms. The molecule has 0 unspecified atom stereocenters. The van der Waals surface area contributed by atoms with Crippen LogP contribution in [0.3, 0.4) is 0 Å². The van der Waals surface area contributed by atoms with E-state index in [1.54, 1.807) is 23.1 Å². The lowest BCUT2D eigenvalue weighted by Crippen LogP contribution is -2.09. The predicted molar refractivity (Wildman–Crippen MR) is 71.4 cm³/mol. The van der Waals surface area contributed by atoms with Crippen LogP contribution in [0.15, 0.2) is 24.5 Å². The Morgan fingerprint density at radius 2 is 2.26 bits per heavy atom. The first-order chi connectivity index (χ1) is 9.15. The second-order valence-electron chi connectivity index (χ2n) is 4.28. The van der Waals surface area contributed by atoms with Gasteiger partial charge in [-0.25, -0.2) is 0 Å². The molecule has 0 saturated carbocycles. The molecule has 0 spiro atoms. The van der Waals surface area contributed by atoms with Crippen LogP contribution >= 0.6 is 0 Å². The lowest BCUT2D eigenvalue weighted by molar-refractivity contribution is 0.0987. The molecule has 0 fully saturated rings. The Bertz CT molecular complexity index is 590. The highest BCUT2D eigenvalue weighted by atomic mass is 16.5. The van der Waals surface area contributed by atoms with Gasteiger partial charge in [0.05, 0.1) is 31.0 Å². The van der Waals surface area contributed by atoms with Crippen LogP contribution in [-0.2, 0) is 19.9 Å². The third-order valence-electron chi connectivity index (χ3n) is 3.04. The molecule has 0 amide bonds. The van der Waals surface area contributed by atoms with E-state index < -0.39 is 0 Å². The molecule has 0 aromatic carbocycles. The molecule has 2 aromatic heterocycles. The van der Waals surface area contributed by atoms with E-state index in [4.69, 9.17) is 4.74 Å². The van der Waals surface area contributed by atoms with Gasteiger partial charge in [0.25, 0.3) is 0 Å². The molecule has 2 aromatic rings. The Morgan fingerprint density at radius 1 is 1.47 bits per heavy atom. The van der Waals surface area contributed by atoms with E-state index >= 15 is 0 Å². The quantitative estimate of drug-likeness (QED) is 0.768. The van der Waals surface area contributed by atoms with Crippen molar-refractivity contribution in [2.75, 3.05) is 7.11 Å². The van der Waals surface area contributed by atoms with Crippen molar-refractivity contribution in [1.82, 2.24) is 14.8 Å². The monoisotopic (exact) mass is 259 g/mol. The van der Waals surface area contributed by atoms with Crippen LogP contribution in [0.5, 0.6) is 5.75 Å². The summed E-state index contributed by atoms with van der Waals surface area (Å²) in [6.45, 7) is 2.04. The summed E-state index contributed by atoms with van der Waals surface area (Å²) in [5, 5.41) is 4.34. The molecule has 0 atom stereocenters. The summed E-state index contributed by atoms with van der Waals surface area (Å²) < 4.78 is 6.91. The van der Waals surface area contributed by atoms with Crippen molar-refractivity contribution in [2.45, 2.75) is 19.8 Å². The van der Waals surface area contributed by atoms with Crippen LogP contribution in [-0.4, -0.2) is 27.7 Å². The molecule has 0 radical (unpaired) electrons. The number of methoxy groups -OCH3 is 1. The van der Waals surface area contributed by atoms with E-state index in [2.05, 4.69) is 10.1 Å². The van der Waals surface area contributed by atoms with Crippen molar-refractivity contribution in [3.05, 3.63) is 41.5 Å². The van der Waals surface area contributed by atoms with Gasteiger partial charge in [-0.2, -0.15) is 5.10 Å². The van der Waals surface area contributed by atoms with Gasteiger partial charge in [0.1, 0.15) is 5.75 Å². The molecule has 0 aliphatic heterocycles. The second-order valence-corrected chi connectivity index (χ2v) is 4.28. The summed E-state index contributed by atoms with van der Waals surface area (Å²) in [4.78, 5) is 16.2. The normalized spacial score (nSPS) is 10.5. The number of Topliss-reactive ketones (excluding diaryl/α,β-unsaturated/α-hetero) is 1. The molecule has 0 aliphatic carbocycles. The van der Waals surface area contributed by atoms with Gasteiger partial charge in [-0.05, 0) is 18.6 Å². The van der Waals surface area contributed by atoms with Crippen LogP contribution in [0.25, 0.3) is 0 Å². The summed E-state index contributed by atoms with van der Waals surface area (Å²) in [6, 6.07) is 3.64. The van der Waals surface area contributed by atoms with Gasteiger partial charge in [-0.1, -0.05) is 6.92 Å². The van der Waals surface area contributed by atoms with Crippen molar-refractivity contribution in [3.8, 4) is 5.75 Å². The summed E-state index contributed by atoms with van der Waals surface area (Å²) in [5.41, 5.74) is 2.45. The lowest BCUT2D eigenvalue weighted by atomic mass is 10.1. The van der Waals surface area contributed by atoms with E-state index in [9.17, 15) is 4.79 Å². The Balaban J connectivity index is 2.23. The highest BCUT2D eigenvalue weighted by Gasteiger charge is 2.15. The number of ketones is 1. The minimum atomic E-state index is 0.00454. The summed E-state index contributed by atoms with van der Waals surface area (Å²) >= 11 is 0. The topological polar surface area (TPSA) is 57.0 Å². The molecule has 5 heteroatoms. The number of aromatic nitrogens is 3. The highest BCUT2D eigenvalue weighted by Crippen LogP contribution is 2.18. The van der Waals surface area contributed by atoms with E-state index in [1.165, 1.54) is 7.11 Å². The van der Waals surface area contributed by atoms with Crippen molar-refractivity contribution >= 4 is 5.78 Å². The number of carbonyl (C=O) groups excluding carboxylic acids is 1. The largest absolute Gasteiger partial charge is 0.494 e. The molecule has 0 N–H and O–H groups in total. The molecule has 5 nitrogen and oxygen atoms in total. The minimum Gasteiger partial charge on any atom is -0.494 e. The molecule has 2 heterocycles. The van der Waals surface area contributed by atoms with Crippen molar-refractivity contribution < 1.29 is 9.53 Å². The maximum Gasteiger partial charge on any atom is 0.172 e. The number of ether oxygens (including phenoxy) is 1. The van der Waals surface area contributed by atoms with E-state index in [0.29, 0.717) is 17.7 Å². The second kappa shape index (κ2) is 5.65. The van der Waals surface area contributed by atoms with E-state index in [1.807, 2.05) is 20.0 Å². The zero-order valence-corrected chi connectivity index (χ0v) is 11.4. The fourth-order valence-corrected chi connectivity index (χ4v) is 1.94. The number of rotatable bonds is 5. The first-order valence-corrected chi connectivity index (χ1v) is 6.18. The van der Waals surface area contributed by atoms with Gasteiger partial charge in [0.2, 0.25) is 0 Å². The van der Waals surface area contributed by atoms with Crippen LogP contribution in [0, 0.1) is 0 Å². The van der Waals surface area contributed by atoms with Gasteiger partial charge in [-0.3, -0.25) is 14.5 Å². The molecular formula is C14H17N3O2. The predicted octanol–water partition coefficient (Wildman–Crippen LogP) is 1.81. The summed E-state index contributed by atoms with van der Waals surface area (Å²) in [7, 11) is 3.39. The van der Waals surface area contributed by atoms with Crippen molar-refractivity contribution in [2.24, 2.45) is 7.05 Å². The van der Waals surface area contributed by atoms with E-state index in [0.717, 1.165) is 17.8 Å². The number of pyridine rings is 1. The number of nitrogens with zero attached hydrogens (tertiary/aromatic N) is 3. The SMILES string of the molecule is CCc1cc(CC(=O)c2ccncc2OC)n(C)n1. The first-order valence-electron chi connectivity index (χ1n) is 6.18. The van der Waals surface area contributed by atoms with Crippen LogP contribution in [0.2, 0.25) is 0 Å². The summed E-state index contributed by atoms with van der Waals surface area (Å²) in [5.74, 6) is 0.510. The Kier molecular flexibility index (Phi) is 3.94. The van der Waals surface area contributed by atoms with Gasteiger partial charge >= 0.3 is 0 Å². The molecule has 100 valence electrons. The molecule has 0 saturated heterocycles. The van der Waals surface area contributed by atoms with Crippen molar-refractivity contribution in [3.63, 3.8) is 0 Å². The molecule has 0 bridgehead atoms. The Morgan fingerprint density at radius 3 is 2.89 bits per heavy atom. The van der Waals surface area contributed by atoms with Gasteiger partial charge in [-0.15, -0.1) is 0 Å². The van der Waals surface area contributed by atoms with Crippen LogP contribution < -0.4 is 4.74 Å². The zero-order chi connectivity index (χ0) is 13.8. The van der Waals surface area contributed by atoms with Crippen LogP contribution in [0.1, 0.15) is 28.7 Å². The third kappa shape index (κ3) is 2.81. The minimum absolute atomic E-state index is 0.00454. The van der Waals surface area contributed by atoms with Gasteiger partial charge in [0.15, 0.2) is 5.78 Å². The standard InChI is InChI=1S/C14H17N3O2/c1-4-10-7-11(17(2)16-10)8-13(18)12-5-6-15-9-14(12)19-3/h5-7,9H,4,8H2,1-3H3. The maximum absolute atomic E-state index is 12.3. The number of carbonyl (C=O) groups is 1. The third-order valence-corrected chi connectivity index (χ3v) is 3.04. The average molecular weight is 259 g/mol. The fourth-order valence-electron chi connectivity index (χ4n) is 1.94. The van der Waals surface area contributed by atoms with E-state index in [-0.39, 0.29) is 5.78 Å². The number of hydrogen-bond acceptors (Lipinski definition) is 4. The number of aryl methyl sites for hydroxylation is 2. The smallest absolute Gasteiger partial charge is 0.172 e. The van der Waals surface area contributed by atoms with Gasteiger partial charge in [0, 0.05) is 18.9 Å². The van der Waals surface area contributed by atoms with Gasteiger partial charge < -0.3 is 4.74 Å². The van der Waals surface area contributed by atoms with Crippen molar-refractivity contribution in [1.29, 1.82) is 0 Å². The molecule has 2 rings (SSSR count). The fraction of sp³-hybridized carbons (Fsp3) is 0.357.